The summed E-state index contributed by atoms with van der Waals surface area (Å²) in [5.74, 6) is -3.62. The lowest BCUT2D eigenvalue weighted by Crippen LogP contribution is -2.53. The molecule has 13 nitrogen and oxygen atoms in total. The maximum Gasteiger partial charge on any atom is 0.339 e. The molecule has 0 radical (unpaired) electrons. The van der Waals surface area contributed by atoms with E-state index >= 15 is 0 Å². The maximum absolute atomic E-state index is 14.8. The van der Waals surface area contributed by atoms with Crippen LogP contribution in [0.25, 0.3) is 6.08 Å². The number of carbonyl (C=O) groups is 4. The highest BCUT2D eigenvalue weighted by atomic mass is 16.8. The van der Waals surface area contributed by atoms with E-state index in [1.54, 1.807) is 57.2 Å². The van der Waals surface area contributed by atoms with Gasteiger partial charge in [-0.1, -0.05) is 109 Å². The van der Waals surface area contributed by atoms with Gasteiger partial charge in [0, 0.05) is 43.0 Å². The fourth-order valence-electron chi connectivity index (χ4n) is 7.66. The number of likely N-dealkylation sites (N-methyl/N-ethyl adjacent to an activating group) is 1. The molecule has 63 heavy (non-hydrogen) atoms. The predicted octanol–water partition coefficient (Wildman–Crippen LogP) is 5.88. The van der Waals surface area contributed by atoms with Gasteiger partial charge in [0.25, 0.3) is 0 Å². The van der Waals surface area contributed by atoms with Crippen molar-refractivity contribution in [3.63, 3.8) is 0 Å². The van der Waals surface area contributed by atoms with Crippen molar-refractivity contribution in [3.8, 4) is 0 Å². The van der Waals surface area contributed by atoms with E-state index in [1.165, 1.54) is 18.2 Å². The minimum absolute atomic E-state index is 0.0375. The molecule has 1 fully saturated rings. The molecule has 13 heteroatoms. The van der Waals surface area contributed by atoms with Crippen LogP contribution in [0.4, 0.5) is 0 Å². The summed E-state index contributed by atoms with van der Waals surface area (Å²) >= 11 is 0. The van der Waals surface area contributed by atoms with Crippen LogP contribution in [0.5, 0.6) is 0 Å². The van der Waals surface area contributed by atoms with Crippen molar-refractivity contribution in [1.29, 1.82) is 0 Å². The molecule has 0 bridgehead atoms. The number of hydrogen-bond acceptors (Lipinski definition) is 11. The Morgan fingerprint density at radius 3 is 2.11 bits per heavy atom. The minimum Gasteiger partial charge on any atom is -0.499 e. The lowest BCUT2D eigenvalue weighted by Gasteiger charge is -2.34. The molecule has 0 spiro atoms. The van der Waals surface area contributed by atoms with Crippen molar-refractivity contribution < 1.29 is 53.1 Å². The number of rotatable bonds is 18. The summed E-state index contributed by atoms with van der Waals surface area (Å²) in [6.45, 7) is 4.75. The van der Waals surface area contributed by atoms with E-state index in [1.807, 2.05) is 91.0 Å². The Hall–Kier alpha value is -6.12. The van der Waals surface area contributed by atoms with Gasteiger partial charge >= 0.3 is 11.9 Å². The minimum atomic E-state index is -1.44. The highest BCUT2D eigenvalue weighted by molar-refractivity contribution is 5.98. The smallest absolute Gasteiger partial charge is 0.339 e. The first-order valence-corrected chi connectivity index (χ1v) is 21.1. The van der Waals surface area contributed by atoms with E-state index in [-0.39, 0.29) is 50.0 Å². The van der Waals surface area contributed by atoms with E-state index in [0.29, 0.717) is 16.7 Å². The van der Waals surface area contributed by atoms with Gasteiger partial charge in [0.05, 0.1) is 31.1 Å². The van der Waals surface area contributed by atoms with E-state index in [9.17, 15) is 24.3 Å². The summed E-state index contributed by atoms with van der Waals surface area (Å²) in [4.78, 5) is 57.1. The van der Waals surface area contributed by atoms with E-state index in [4.69, 9.17) is 28.8 Å². The third-order valence-electron chi connectivity index (χ3n) is 10.7. The quantitative estimate of drug-likeness (QED) is 0.0621. The lowest BCUT2D eigenvalue weighted by atomic mass is 9.90. The van der Waals surface area contributed by atoms with Crippen molar-refractivity contribution in [3.05, 3.63) is 161 Å². The average Bonchev–Trinajstić information content (AvgIpc) is 3.70. The first-order chi connectivity index (χ1) is 30.3. The number of carbonyl (C=O) groups excluding carboxylic acids is 4. The van der Waals surface area contributed by atoms with Gasteiger partial charge in [-0.3, -0.25) is 14.4 Å². The normalized spacial score (nSPS) is 19.0. The number of aliphatic hydroxyl groups excluding tert-OH is 2. The summed E-state index contributed by atoms with van der Waals surface area (Å²) in [7, 11) is 1.53. The number of nitrogens with zero attached hydrogens (tertiary/aromatic N) is 1. The molecule has 0 unspecified atom stereocenters. The molecule has 5 atom stereocenters. The zero-order valence-electron chi connectivity index (χ0n) is 36.1. The Morgan fingerprint density at radius 1 is 0.873 bits per heavy atom. The van der Waals surface area contributed by atoms with Crippen molar-refractivity contribution in [2.24, 2.45) is 0 Å². The first-order valence-electron chi connectivity index (χ1n) is 21.1. The van der Waals surface area contributed by atoms with Crippen LogP contribution >= 0.6 is 0 Å². The number of hydrogen-bond donors (Lipinski definition) is 3. The van der Waals surface area contributed by atoms with Gasteiger partial charge in [-0.15, -0.1) is 0 Å². The Kier molecular flexibility index (Phi) is 15.7. The molecular weight excluding hydrogens is 805 g/mol. The van der Waals surface area contributed by atoms with Crippen molar-refractivity contribution in [2.45, 2.75) is 88.2 Å². The highest BCUT2D eigenvalue weighted by Crippen LogP contribution is 2.47. The second-order valence-corrected chi connectivity index (χ2v) is 16.5. The van der Waals surface area contributed by atoms with Crippen LogP contribution in [0, 0.1) is 0 Å². The SMILES string of the molecule is CN(C(=O)C1=C[C@H]2OC(c3ccccc3)(c3ccccc3)O[C@H]2[C@H](OC(=O)c2ccccc2C=COCCO)C1)[C@H](Cc1ccccc1)C(=O)N[C@H](CO)CCC(=O)OC(C)(C)C. The van der Waals surface area contributed by atoms with E-state index in [0.717, 1.165) is 5.56 Å². The summed E-state index contributed by atoms with van der Waals surface area (Å²) in [5, 5.41) is 22.3. The number of benzene rings is 4. The molecule has 3 N–H and O–H groups in total. The van der Waals surface area contributed by atoms with Crippen LogP contribution in [0.3, 0.4) is 0 Å². The Morgan fingerprint density at radius 2 is 1.49 bits per heavy atom. The zero-order valence-corrected chi connectivity index (χ0v) is 36.1. The van der Waals surface area contributed by atoms with Gasteiger partial charge in [0.1, 0.15) is 36.6 Å². The van der Waals surface area contributed by atoms with Crippen LogP contribution in [-0.4, -0.2) is 102 Å². The topological polar surface area (TPSA) is 170 Å². The molecule has 1 saturated heterocycles. The monoisotopic (exact) mass is 860 g/mol. The van der Waals surface area contributed by atoms with Crippen LogP contribution in [0.1, 0.15) is 72.6 Å². The summed E-state index contributed by atoms with van der Waals surface area (Å²) < 4.78 is 30.9. The third-order valence-corrected chi connectivity index (χ3v) is 10.7. The molecular formula is C50H56N2O11. The van der Waals surface area contributed by atoms with Gasteiger partial charge in [0.15, 0.2) is 0 Å². The molecule has 2 aliphatic rings. The Balaban J connectivity index is 1.33. The van der Waals surface area contributed by atoms with Crippen molar-refractivity contribution >= 4 is 29.8 Å². The van der Waals surface area contributed by atoms with Gasteiger partial charge in [-0.25, -0.2) is 4.79 Å². The molecule has 0 saturated carbocycles. The largest absolute Gasteiger partial charge is 0.499 e. The van der Waals surface area contributed by atoms with Crippen molar-refractivity contribution in [2.75, 3.05) is 26.9 Å². The van der Waals surface area contributed by atoms with Crippen LogP contribution < -0.4 is 5.32 Å². The van der Waals surface area contributed by atoms with Crippen LogP contribution in [-0.2, 0) is 50.3 Å². The first kappa shape index (κ1) is 46.4. The van der Waals surface area contributed by atoms with Gasteiger partial charge in [-0.2, -0.15) is 0 Å². The van der Waals surface area contributed by atoms with Crippen LogP contribution in [0.15, 0.2) is 133 Å². The fourth-order valence-corrected chi connectivity index (χ4v) is 7.66. The molecule has 332 valence electrons. The molecule has 6 rings (SSSR count). The zero-order chi connectivity index (χ0) is 45.0. The summed E-state index contributed by atoms with van der Waals surface area (Å²) in [5.41, 5.74) is 2.45. The molecule has 0 aromatic heterocycles. The fraction of sp³-hybridized carbons (Fsp3) is 0.360. The number of nitrogens with one attached hydrogen (secondary N) is 1. The second kappa shape index (κ2) is 21.3. The van der Waals surface area contributed by atoms with Crippen molar-refractivity contribution in [1.82, 2.24) is 10.2 Å². The Labute approximate surface area is 368 Å². The van der Waals surface area contributed by atoms with E-state index < -0.39 is 72.1 Å². The number of amides is 2. The van der Waals surface area contributed by atoms with Crippen LogP contribution in [0.2, 0.25) is 0 Å². The molecule has 1 aliphatic carbocycles. The maximum atomic E-state index is 14.8. The number of aliphatic hydroxyl groups is 2. The van der Waals surface area contributed by atoms with Gasteiger partial charge in [0.2, 0.25) is 17.6 Å². The summed E-state index contributed by atoms with van der Waals surface area (Å²) in [6, 6.07) is 33.0. The lowest BCUT2D eigenvalue weighted by molar-refractivity contribution is -0.157. The molecule has 4 aromatic rings. The number of esters is 2. The molecule has 1 heterocycles. The molecule has 2 amide bonds. The Bertz CT molecular complexity index is 2180. The number of ether oxygens (including phenoxy) is 5. The predicted molar refractivity (Wildman–Crippen MR) is 235 cm³/mol. The van der Waals surface area contributed by atoms with Gasteiger partial charge < -0.3 is 44.1 Å². The number of fused-ring (bicyclic) bond motifs is 1. The molecule has 4 aromatic carbocycles. The standard InChI is InChI=1S/C50H56N2O11/c1-49(2,3)62-44(55)25-24-39(33-54)51-46(56)41(30-34-16-8-5-9-17-34)52(4)47(57)36-31-42(60-48(58)40-23-15-14-18-35(40)26-28-59-29-27-53)45-43(32-36)61-50(63-45,37-19-10-6-11-20-37)38-21-12-7-13-22-38/h5-23,26,28,32,39,41-43,45,53-54H,24-25,27,29-31,33H2,1-4H3,(H,51,56)/t39-,41+,42+,43+,45-/m0/s1. The highest BCUT2D eigenvalue weighted by Gasteiger charge is 2.55. The third kappa shape index (κ3) is 11.9. The van der Waals surface area contributed by atoms with Gasteiger partial charge in [-0.05, 0) is 56.5 Å². The second-order valence-electron chi connectivity index (χ2n) is 16.5. The molecule has 1 aliphatic heterocycles. The average molecular weight is 861 g/mol. The summed E-state index contributed by atoms with van der Waals surface area (Å²) in [6.07, 6.45) is 2.01. The van der Waals surface area contributed by atoms with E-state index in [2.05, 4.69) is 5.32 Å².